The fourth-order valence-corrected chi connectivity index (χ4v) is 7.72. The molecule has 2 aromatic heterocycles. The van der Waals surface area contributed by atoms with Gasteiger partial charge in [-0.1, -0.05) is 91.0 Å². The summed E-state index contributed by atoms with van der Waals surface area (Å²) in [5.74, 6) is 0. The third kappa shape index (κ3) is 3.86. The Morgan fingerprint density at radius 2 is 1.12 bits per heavy atom. The number of nitrogens with zero attached hydrogens (tertiary/aromatic N) is 1. The average molecular weight is 568 g/mol. The zero-order chi connectivity index (χ0) is 28.3. The smallest absolute Gasteiger partial charge is 0.137 e. The summed E-state index contributed by atoms with van der Waals surface area (Å²) in [6.45, 7) is 0. The standard InChI is InChI=1S/C40H25NOS/c1-3-9-26(10-4-1)27-15-18-30(19-16-27)41(29-12-5-2-6-13-29)31-20-21-33-36(25-31)42-35-23-22-34-38-32-14-8-7-11-28(32)17-24-37(38)43-40(34)39(33)35/h1-25H. The van der Waals surface area contributed by atoms with E-state index in [9.17, 15) is 0 Å². The minimum atomic E-state index is 0.893. The van der Waals surface area contributed by atoms with Gasteiger partial charge in [-0.25, -0.2) is 0 Å². The summed E-state index contributed by atoms with van der Waals surface area (Å²) in [5.41, 5.74) is 7.49. The van der Waals surface area contributed by atoms with E-state index < -0.39 is 0 Å². The quantitative estimate of drug-likeness (QED) is 0.210. The lowest BCUT2D eigenvalue weighted by Crippen LogP contribution is -2.09. The second-order valence-corrected chi connectivity index (χ2v) is 12.0. The third-order valence-electron chi connectivity index (χ3n) is 8.45. The van der Waals surface area contributed by atoms with Crippen molar-refractivity contribution in [1.29, 1.82) is 0 Å². The molecule has 3 heteroatoms. The molecule has 2 heterocycles. The van der Waals surface area contributed by atoms with Crippen LogP contribution in [0.1, 0.15) is 0 Å². The Hall–Kier alpha value is -5.38. The van der Waals surface area contributed by atoms with Gasteiger partial charge in [0.1, 0.15) is 11.2 Å². The molecule has 9 rings (SSSR count). The summed E-state index contributed by atoms with van der Waals surface area (Å²) in [6, 6.07) is 54.0. The second kappa shape index (κ2) is 9.59. The zero-order valence-corrected chi connectivity index (χ0v) is 24.0. The number of anilines is 3. The molecule has 7 aromatic carbocycles. The molecule has 0 fully saturated rings. The van der Waals surface area contributed by atoms with Gasteiger partial charge in [0.25, 0.3) is 0 Å². The molecule has 0 radical (unpaired) electrons. The minimum absolute atomic E-state index is 0.893. The second-order valence-electron chi connectivity index (χ2n) is 10.9. The summed E-state index contributed by atoms with van der Waals surface area (Å²) < 4.78 is 9.15. The highest BCUT2D eigenvalue weighted by atomic mass is 32.1. The van der Waals surface area contributed by atoms with Crippen LogP contribution in [-0.2, 0) is 0 Å². The van der Waals surface area contributed by atoms with Crippen molar-refractivity contribution >= 4 is 81.3 Å². The van der Waals surface area contributed by atoms with Crippen LogP contribution in [0.5, 0.6) is 0 Å². The van der Waals surface area contributed by atoms with Crippen LogP contribution >= 0.6 is 11.3 Å². The Morgan fingerprint density at radius 3 is 1.95 bits per heavy atom. The SMILES string of the molecule is c1ccc(-c2ccc(N(c3ccccc3)c3ccc4c(c3)oc3ccc5c(sc6ccc7ccccc7c65)c34)cc2)cc1. The number of thiophene rings is 1. The summed E-state index contributed by atoms with van der Waals surface area (Å²) in [7, 11) is 0. The topological polar surface area (TPSA) is 16.4 Å². The number of hydrogen-bond donors (Lipinski definition) is 0. The fraction of sp³-hybridized carbons (Fsp3) is 0. The van der Waals surface area contributed by atoms with E-state index in [4.69, 9.17) is 4.42 Å². The molecular formula is C40H25NOS. The lowest BCUT2D eigenvalue weighted by Gasteiger charge is -2.25. The fourth-order valence-electron chi connectivity index (χ4n) is 6.45. The van der Waals surface area contributed by atoms with Gasteiger partial charge in [0.05, 0.1) is 0 Å². The summed E-state index contributed by atoms with van der Waals surface area (Å²) >= 11 is 1.86. The van der Waals surface area contributed by atoms with E-state index in [-0.39, 0.29) is 0 Å². The summed E-state index contributed by atoms with van der Waals surface area (Å²) in [6.07, 6.45) is 0. The van der Waals surface area contributed by atoms with E-state index >= 15 is 0 Å². The highest BCUT2D eigenvalue weighted by Gasteiger charge is 2.19. The van der Waals surface area contributed by atoms with Crippen LogP contribution in [0, 0.1) is 0 Å². The van der Waals surface area contributed by atoms with E-state index in [0.717, 1.165) is 33.6 Å². The van der Waals surface area contributed by atoms with Crippen LogP contribution in [0.15, 0.2) is 156 Å². The van der Waals surface area contributed by atoms with Gasteiger partial charge in [-0.2, -0.15) is 0 Å². The van der Waals surface area contributed by atoms with Gasteiger partial charge in [-0.15, -0.1) is 11.3 Å². The average Bonchev–Trinajstić information content (AvgIpc) is 3.64. The Bertz CT molecular complexity index is 2440. The molecule has 9 aromatic rings. The molecule has 0 aliphatic rings. The molecule has 0 unspecified atom stereocenters. The molecule has 0 aliphatic heterocycles. The molecule has 202 valence electrons. The van der Waals surface area contributed by atoms with Gasteiger partial charge in [0.2, 0.25) is 0 Å². The predicted octanol–water partition coefficient (Wildman–Crippen LogP) is 12.2. The third-order valence-corrected chi connectivity index (χ3v) is 9.64. The maximum Gasteiger partial charge on any atom is 0.137 e. The highest BCUT2D eigenvalue weighted by Crippen LogP contribution is 2.46. The van der Waals surface area contributed by atoms with Crippen molar-refractivity contribution in [2.45, 2.75) is 0 Å². The van der Waals surface area contributed by atoms with Crippen molar-refractivity contribution in [3.63, 3.8) is 0 Å². The van der Waals surface area contributed by atoms with E-state index in [1.54, 1.807) is 0 Å². The van der Waals surface area contributed by atoms with Crippen molar-refractivity contribution in [2.24, 2.45) is 0 Å². The van der Waals surface area contributed by atoms with E-state index in [1.807, 2.05) is 11.3 Å². The van der Waals surface area contributed by atoms with Crippen LogP contribution in [0.2, 0.25) is 0 Å². The van der Waals surface area contributed by atoms with Gasteiger partial charge >= 0.3 is 0 Å². The Balaban J connectivity index is 1.22. The van der Waals surface area contributed by atoms with Crippen molar-refractivity contribution in [3.05, 3.63) is 152 Å². The first-order chi connectivity index (χ1) is 21.3. The lowest BCUT2D eigenvalue weighted by molar-refractivity contribution is 0.669. The van der Waals surface area contributed by atoms with Crippen LogP contribution in [0.3, 0.4) is 0 Å². The predicted molar refractivity (Wildman–Crippen MR) is 184 cm³/mol. The van der Waals surface area contributed by atoms with Crippen LogP contribution in [0.4, 0.5) is 17.1 Å². The first-order valence-electron chi connectivity index (χ1n) is 14.5. The van der Waals surface area contributed by atoms with Crippen LogP contribution in [0.25, 0.3) is 64.0 Å². The van der Waals surface area contributed by atoms with Crippen LogP contribution < -0.4 is 4.90 Å². The molecule has 0 saturated carbocycles. The van der Waals surface area contributed by atoms with Crippen molar-refractivity contribution in [2.75, 3.05) is 4.90 Å². The molecule has 0 bridgehead atoms. The summed E-state index contributed by atoms with van der Waals surface area (Å²) in [4.78, 5) is 2.29. The lowest BCUT2D eigenvalue weighted by atomic mass is 10.0. The first kappa shape index (κ1) is 24.2. The van der Waals surface area contributed by atoms with Gasteiger partial charge in [-0.05, 0) is 76.5 Å². The number of rotatable bonds is 4. The normalized spacial score (nSPS) is 11.7. The number of benzene rings is 7. The molecule has 43 heavy (non-hydrogen) atoms. The van der Waals surface area contributed by atoms with E-state index in [0.29, 0.717) is 0 Å². The van der Waals surface area contributed by atoms with Crippen molar-refractivity contribution in [1.82, 2.24) is 0 Å². The Morgan fingerprint density at radius 1 is 0.442 bits per heavy atom. The monoisotopic (exact) mass is 567 g/mol. The maximum absolute atomic E-state index is 6.56. The minimum Gasteiger partial charge on any atom is -0.456 e. The number of hydrogen-bond acceptors (Lipinski definition) is 3. The first-order valence-corrected chi connectivity index (χ1v) is 15.3. The van der Waals surface area contributed by atoms with Gasteiger partial charge in [0.15, 0.2) is 0 Å². The zero-order valence-electron chi connectivity index (χ0n) is 23.2. The van der Waals surface area contributed by atoms with Crippen molar-refractivity contribution in [3.8, 4) is 11.1 Å². The molecule has 0 atom stereocenters. The van der Waals surface area contributed by atoms with E-state index in [1.165, 1.54) is 47.5 Å². The van der Waals surface area contributed by atoms with Crippen LogP contribution in [-0.4, -0.2) is 0 Å². The Kier molecular flexibility index (Phi) is 5.40. The highest BCUT2D eigenvalue weighted by molar-refractivity contribution is 7.27. The Labute approximate surface area is 252 Å². The van der Waals surface area contributed by atoms with Crippen molar-refractivity contribution < 1.29 is 4.42 Å². The molecular weight excluding hydrogens is 543 g/mol. The number of fused-ring (bicyclic) bond motifs is 9. The number of para-hydroxylation sites is 1. The molecule has 0 amide bonds. The van der Waals surface area contributed by atoms with Gasteiger partial charge in [0, 0.05) is 54.1 Å². The number of furan rings is 1. The largest absolute Gasteiger partial charge is 0.456 e. The molecule has 0 aliphatic carbocycles. The molecule has 0 saturated heterocycles. The summed E-state index contributed by atoms with van der Waals surface area (Å²) in [5, 5.41) is 7.54. The maximum atomic E-state index is 6.56. The molecule has 2 nitrogen and oxygen atoms in total. The van der Waals surface area contributed by atoms with Gasteiger partial charge in [-0.3, -0.25) is 0 Å². The molecule has 0 spiro atoms. The van der Waals surface area contributed by atoms with Gasteiger partial charge < -0.3 is 9.32 Å². The molecule has 0 N–H and O–H groups in total. The van der Waals surface area contributed by atoms with E-state index in [2.05, 4.69) is 157 Å².